The molecule has 0 bridgehead atoms. The Labute approximate surface area is 244 Å². The summed E-state index contributed by atoms with van der Waals surface area (Å²) in [5, 5.41) is 29.1. The van der Waals surface area contributed by atoms with Crippen LogP contribution >= 0.6 is 0 Å². The highest BCUT2D eigenvalue weighted by atomic mass is 16.5. The molecule has 0 aromatic heterocycles. The summed E-state index contributed by atoms with van der Waals surface area (Å²) in [6, 6.07) is 11.2. The van der Waals surface area contributed by atoms with Gasteiger partial charge in [-0.1, -0.05) is 42.5 Å². The molecule has 0 saturated carbocycles. The average Bonchev–Trinajstić information content (AvgIpc) is 2.94. The van der Waals surface area contributed by atoms with Crippen LogP contribution in [-0.2, 0) is 46.3 Å². The zero-order valence-electron chi connectivity index (χ0n) is 23.6. The zero-order valence-corrected chi connectivity index (χ0v) is 23.6. The van der Waals surface area contributed by atoms with E-state index in [1.54, 1.807) is 42.5 Å². The lowest BCUT2D eigenvalue weighted by Gasteiger charge is -2.25. The van der Waals surface area contributed by atoms with Crippen molar-refractivity contribution in [3.8, 4) is 5.75 Å². The van der Waals surface area contributed by atoms with Crippen LogP contribution in [0.5, 0.6) is 5.75 Å². The molecule has 0 heterocycles. The van der Waals surface area contributed by atoms with Gasteiger partial charge in [-0.15, -0.1) is 0 Å². The number of carboxylic acid groups (broad SMARTS) is 1. The smallest absolute Gasteiger partial charge is 0.305 e. The van der Waals surface area contributed by atoms with Crippen molar-refractivity contribution >= 4 is 29.6 Å². The van der Waals surface area contributed by atoms with Crippen molar-refractivity contribution in [3.63, 3.8) is 0 Å². The maximum Gasteiger partial charge on any atom is 0.305 e. The van der Waals surface area contributed by atoms with Crippen LogP contribution in [0.3, 0.4) is 0 Å². The molecule has 0 fully saturated rings. The van der Waals surface area contributed by atoms with Crippen molar-refractivity contribution in [1.29, 1.82) is 0 Å². The number of phenolic OH excluding ortho intramolecular Hbond substituents is 1. The maximum absolute atomic E-state index is 13.4. The summed E-state index contributed by atoms with van der Waals surface area (Å²) in [6.45, 7) is 2.17. The number of hydrogen-bond donors (Lipinski definition) is 6. The van der Waals surface area contributed by atoms with Gasteiger partial charge in [-0.2, -0.15) is 0 Å². The van der Waals surface area contributed by atoms with Crippen LogP contribution in [0.1, 0.15) is 24.5 Å². The maximum atomic E-state index is 13.4. The summed E-state index contributed by atoms with van der Waals surface area (Å²) >= 11 is 0. The quantitative estimate of drug-likeness (QED) is 0.130. The Balaban J connectivity index is 2.19. The predicted octanol–water partition coefficient (Wildman–Crippen LogP) is -0.0944. The summed E-state index contributed by atoms with van der Waals surface area (Å²) in [5.74, 6) is -3.91. The number of rotatable bonds is 18. The summed E-state index contributed by atoms with van der Waals surface area (Å²) < 4.78 is 10.1. The molecule has 0 unspecified atom stereocenters. The summed E-state index contributed by atoms with van der Waals surface area (Å²) in [7, 11) is 1.52. The molecule has 2 rings (SSSR count). The molecule has 4 amide bonds. The van der Waals surface area contributed by atoms with Crippen LogP contribution in [-0.4, -0.2) is 91.4 Å². The molecular weight excluding hydrogens is 548 g/mol. The highest BCUT2D eigenvalue weighted by Gasteiger charge is 2.30. The van der Waals surface area contributed by atoms with E-state index in [1.807, 2.05) is 0 Å². The van der Waals surface area contributed by atoms with E-state index >= 15 is 0 Å². The minimum atomic E-state index is -1.42. The first kappa shape index (κ1) is 33.7. The third kappa shape index (κ3) is 12.8. The van der Waals surface area contributed by atoms with Crippen molar-refractivity contribution in [1.82, 2.24) is 21.3 Å². The van der Waals surface area contributed by atoms with E-state index in [4.69, 9.17) is 9.47 Å². The van der Waals surface area contributed by atoms with E-state index in [9.17, 15) is 34.2 Å². The molecule has 0 saturated heterocycles. The van der Waals surface area contributed by atoms with Crippen molar-refractivity contribution in [3.05, 3.63) is 65.7 Å². The first-order valence-electron chi connectivity index (χ1n) is 13.3. The van der Waals surface area contributed by atoms with E-state index in [1.165, 1.54) is 26.2 Å². The van der Waals surface area contributed by atoms with Gasteiger partial charge < -0.3 is 41.0 Å². The lowest BCUT2D eigenvalue weighted by atomic mass is 10.0. The average molecular weight is 587 g/mol. The van der Waals surface area contributed by atoms with E-state index in [0.29, 0.717) is 24.3 Å². The standard InChI is InChI=1S/C29H38N4O9/c1-19(34)31-23(17-21-8-10-22(35)11-9-21)28(39)32-24(16-20-6-4-3-5-7-20)29(40)33-25(18-26(36)37)27(38)30-12-13-42-15-14-41-2/h3-11,23-25,35H,12-18H2,1-2H3,(H,30,38)(H,31,34)(H,32,39)(H,33,40)(H,36,37)/t23-,24-,25-/m0/s1. The summed E-state index contributed by atoms with van der Waals surface area (Å²) in [4.78, 5) is 62.9. The van der Waals surface area contributed by atoms with Gasteiger partial charge in [0.05, 0.1) is 26.2 Å². The van der Waals surface area contributed by atoms with Gasteiger partial charge in [0.15, 0.2) is 0 Å². The Morgan fingerprint density at radius 3 is 1.88 bits per heavy atom. The fraction of sp³-hybridized carbons (Fsp3) is 0.414. The van der Waals surface area contributed by atoms with Gasteiger partial charge in [0.25, 0.3) is 0 Å². The molecule has 42 heavy (non-hydrogen) atoms. The van der Waals surface area contributed by atoms with Gasteiger partial charge >= 0.3 is 5.97 Å². The number of aromatic hydroxyl groups is 1. The number of benzene rings is 2. The van der Waals surface area contributed by atoms with E-state index in [0.717, 1.165) is 0 Å². The van der Waals surface area contributed by atoms with E-state index < -0.39 is 54.1 Å². The fourth-order valence-electron chi connectivity index (χ4n) is 3.92. The molecular formula is C29H38N4O9. The molecule has 2 aromatic carbocycles. The van der Waals surface area contributed by atoms with Gasteiger partial charge in [-0.05, 0) is 23.3 Å². The molecule has 0 spiro atoms. The van der Waals surface area contributed by atoms with Crippen LogP contribution in [0.4, 0.5) is 0 Å². The number of phenols is 1. The Morgan fingerprint density at radius 2 is 1.31 bits per heavy atom. The second kappa shape index (κ2) is 18.0. The zero-order chi connectivity index (χ0) is 30.9. The van der Waals surface area contributed by atoms with Crippen molar-refractivity contribution in [2.24, 2.45) is 0 Å². The minimum Gasteiger partial charge on any atom is -0.508 e. The number of carbonyl (C=O) groups excluding carboxylic acids is 4. The lowest BCUT2D eigenvalue weighted by Crippen LogP contribution is -2.58. The summed E-state index contributed by atoms with van der Waals surface area (Å²) in [6.07, 6.45) is -0.593. The van der Waals surface area contributed by atoms with Gasteiger partial charge in [0.1, 0.15) is 23.9 Å². The predicted molar refractivity (Wildman–Crippen MR) is 151 cm³/mol. The number of aliphatic carboxylic acids is 1. The molecule has 0 aliphatic carbocycles. The monoisotopic (exact) mass is 586 g/mol. The molecule has 228 valence electrons. The van der Waals surface area contributed by atoms with E-state index in [-0.39, 0.29) is 31.7 Å². The number of amides is 4. The van der Waals surface area contributed by atoms with Gasteiger partial charge in [0.2, 0.25) is 23.6 Å². The first-order valence-corrected chi connectivity index (χ1v) is 13.3. The highest BCUT2D eigenvalue weighted by Crippen LogP contribution is 2.12. The van der Waals surface area contributed by atoms with Crippen molar-refractivity contribution in [2.45, 2.75) is 44.3 Å². The molecule has 0 aliphatic heterocycles. The fourth-order valence-corrected chi connectivity index (χ4v) is 3.92. The van der Waals surface area contributed by atoms with Gasteiger partial charge in [-0.3, -0.25) is 24.0 Å². The molecule has 13 nitrogen and oxygen atoms in total. The second-order valence-corrected chi connectivity index (χ2v) is 9.43. The Morgan fingerprint density at radius 1 is 0.738 bits per heavy atom. The van der Waals surface area contributed by atoms with Gasteiger partial charge in [0, 0.05) is 33.4 Å². The van der Waals surface area contributed by atoms with Crippen LogP contribution in [0.25, 0.3) is 0 Å². The minimum absolute atomic E-state index is 0.0269. The van der Waals surface area contributed by atoms with Crippen LogP contribution in [0.15, 0.2) is 54.6 Å². The van der Waals surface area contributed by atoms with Gasteiger partial charge in [-0.25, -0.2) is 0 Å². The third-order valence-electron chi connectivity index (χ3n) is 5.97. The molecule has 13 heteroatoms. The Hall–Kier alpha value is -4.49. The Bertz CT molecular complexity index is 1180. The first-order chi connectivity index (χ1) is 20.1. The number of carboxylic acids is 1. The number of carbonyl (C=O) groups is 5. The molecule has 2 aromatic rings. The largest absolute Gasteiger partial charge is 0.508 e. The molecule has 0 aliphatic rings. The lowest BCUT2D eigenvalue weighted by molar-refractivity contribution is -0.141. The van der Waals surface area contributed by atoms with Crippen molar-refractivity contribution < 1.29 is 43.7 Å². The van der Waals surface area contributed by atoms with Crippen LogP contribution in [0, 0.1) is 0 Å². The number of ether oxygens (including phenoxy) is 2. The highest BCUT2D eigenvalue weighted by molar-refractivity contribution is 5.95. The van der Waals surface area contributed by atoms with Crippen molar-refractivity contribution in [2.75, 3.05) is 33.5 Å². The second-order valence-electron chi connectivity index (χ2n) is 9.43. The van der Waals surface area contributed by atoms with E-state index in [2.05, 4.69) is 21.3 Å². The third-order valence-corrected chi connectivity index (χ3v) is 5.97. The molecule has 6 N–H and O–H groups in total. The number of nitrogens with one attached hydrogen (secondary N) is 4. The Kier molecular flexibility index (Phi) is 14.5. The summed E-state index contributed by atoms with van der Waals surface area (Å²) in [5.41, 5.74) is 1.34. The normalized spacial score (nSPS) is 12.8. The SMILES string of the molecule is COCCOCCNC(=O)[C@H](CC(=O)O)NC(=O)[C@H](Cc1ccccc1)NC(=O)[C@H](Cc1ccc(O)cc1)NC(C)=O. The topological polar surface area (TPSA) is 192 Å². The molecule has 0 radical (unpaired) electrons. The number of methoxy groups -OCH3 is 1. The number of hydrogen-bond acceptors (Lipinski definition) is 8. The van der Waals surface area contributed by atoms with Crippen LogP contribution in [0.2, 0.25) is 0 Å². The van der Waals surface area contributed by atoms with Crippen LogP contribution < -0.4 is 21.3 Å². The molecule has 3 atom stereocenters.